The maximum Gasteiger partial charge on any atom is 0.243 e. The highest BCUT2D eigenvalue weighted by Crippen LogP contribution is 2.25. The van der Waals surface area contributed by atoms with Crippen molar-refractivity contribution in [1.82, 2.24) is 10.2 Å². The summed E-state index contributed by atoms with van der Waals surface area (Å²) in [7, 11) is -3.55. The molecule has 2 rings (SSSR count). The predicted octanol–water partition coefficient (Wildman–Crippen LogP) is 5.23. The summed E-state index contributed by atoms with van der Waals surface area (Å²) in [5, 5.41) is 3.51. The van der Waals surface area contributed by atoms with E-state index in [1.54, 1.807) is 11.0 Å². The molecule has 2 aromatic rings. The fraction of sp³-hybridized carbons (Fsp3) is 0.500. The van der Waals surface area contributed by atoms with E-state index in [-0.39, 0.29) is 37.4 Å². The van der Waals surface area contributed by atoms with Gasteiger partial charge in [0.25, 0.3) is 0 Å². The summed E-state index contributed by atoms with van der Waals surface area (Å²) in [6.45, 7) is 9.92. The maximum atomic E-state index is 13.5. The van der Waals surface area contributed by atoms with Gasteiger partial charge in [-0.05, 0) is 68.9 Å². The van der Waals surface area contributed by atoms with E-state index in [4.69, 9.17) is 11.6 Å². The maximum absolute atomic E-state index is 13.5. The van der Waals surface area contributed by atoms with Crippen molar-refractivity contribution in [3.8, 4) is 0 Å². The van der Waals surface area contributed by atoms with Gasteiger partial charge in [-0.25, -0.2) is 8.42 Å². The van der Waals surface area contributed by atoms with Gasteiger partial charge in [0.15, 0.2) is 0 Å². The van der Waals surface area contributed by atoms with E-state index in [0.717, 1.165) is 23.1 Å². The van der Waals surface area contributed by atoms with Crippen molar-refractivity contribution in [3.05, 3.63) is 64.2 Å². The van der Waals surface area contributed by atoms with Crippen molar-refractivity contribution in [2.75, 3.05) is 17.1 Å². The van der Waals surface area contributed by atoms with E-state index in [0.29, 0.717) is 23.6 Å². The molecule has 0 aromatic heterocycles. The number of benzene rings is 2. The van der Waals surface area contributed by atoms with Crippen LogP contribution in [0.1, 0.15) is 63.1 Å². The minimum Gasteiger partial charge on any atom is -0.352 e. The lowest BCUT2D eigenvalue weighted by atomic mass is 10.1. The minimum absolute atomic E-state index is 0.0142. The Bertz CT molecular complexity index is 1190. The second-order valence-electron chi connectivity index (χ2n) is 9.58. The Morgan fingerprint density at radius 3 is 2.32 bits per heavy atom. The fourth-order valence-corrected chi connectivity index (χ4v) is 5.35. The van der Waals surface area contributed by atoms with Crippen molar-refractivity contribution < 1.29 is 18.0 Å². The minimum atomic E-state index is -3.55. The van der Waals surface area contributed by atoms with E-state index < -0.39 is 16.1 Å². The number of nitrogens with one attached hydrogen (secondary N) is 1. The second kappa shape index (κ2) is 13.8. The van der Waals surface area contributed by atoms with Crippen LogP contribution in [0.25, 0.3) is 0 Å². The SMILES string of the molecule is CCC(C)NC(=O)C(CC)N(Cc1ccccc1Cl)C(=O)CCCN(c1cc(C)ccc1C)S(C)(=O)=O. The second-order valence-corrected chi connectivity index (χ2v) is 11.9. The van der Waals surface area contributed by atoms with Gasteiger partial charge in [0.05, 0.1) is 11.9 Å². The fourth-order valence-electron chi connectivity index (χ4n) is 4.14. The lowest BCUT2D eigenvalue weighted by molar-refractivity contribution is -0.141. The zero-order valence-electron chi connectivity index (χ0n) is 22.8. The first-order valence-corrected chi connectivity index (χ1v) is 15.0. The molecule has 0 saturated heterocycles. The third kappa shape index (κ3) is 8.75. The number of aryl methyl sites for hydroxylation is 2. The molecule has 7 nitrogen and oxygen atoms in total. The van der Waals surface area contributed by atoms with E-state index >= 15 is 0 Å². The Morgan fingerprint density at radius 2 is 1.73 bits per heavy atom. The molecule has 0 aliphatic heterocycles. The quantitative estimate of drug-likeness (QED) is 0.371. The van der Waals surface area contributed by atoms with Gasteiger partial charge in [-0.15, -0.1) is 0 Å². The highest BCUT2D eigenvalue weighted by Gasteiger charge is 2.30. The Hall–Kier alpha value is -2.58. The summed E-state index contributed by atoms with van der Waals surface area (Å²) in [6, 6.07) is 12.3. The molecule has 204 valence electrons. The van der Waals surface area contributed by atoms with Gasteiger partial charge >= 0.3 is 0 Å². The summed E-state index contributed by atoms with van der Waals surface area (Å²) >= 11 is 6.39. The lowest BCUT2D eigenvalue weighted by Gasteiger charge is -2.32. The van der Waals surface area contributed by atoms with Gasteiger partial charge in [0.1, 0.15) is 6.04 Å². The molecule has 2 aromatic carbocycles. The van der Waals surface area contributed by atoms with Crippen LogP contribution < -0.4 is 9.62 Å². The van der Waals surface area contributed by atoms with Crippen LogP contribution in [-0.2, 0) is 26.2 Å². The van der Waals surface area contributed by atoms with Crippen LogP contribution >= 0.6 is 11.6 Å². The number of hydrogen-bond acceptors (Lipinski definition) is 4. The molecule has 2 atom stereocenters. The number of rotatable bonds is 13. The summed E-state index contributed by atoms with van der Waals surface area (Å²) in [6.07, 6.45) is 2.79. The molecular formula is C28H40ClN3O4S. The molecule has 2 amide bonds. The Balaban J connectivity index is 2.27. The molecule has 0 saturated carbocycles. The molecule has 0 heterocycles. The zero-order valence-corrected chi connectivity index (χ0v) is 24.3. The molecule has 37 heavy (non-hydrogen) atoms. The van der Waals surface area contributed by atoms with Crippen molar-refractivity contribution in [1.29, 1.82) is 0 Å². The van der Waals surface area contributed by atoms with Gasteiger partial charge in [0.2, 0.25) is 21.8 Å². The van der Waals surface area contributed by atoms with Crippen LogP contribution in [0.2, 0.25) is 5.02 Å². The number of sulfonamides is 1. The first kappa shape index (κ1) is 30.6. The van der Waals surface area contributed by atoms with Crippen LogP contribution in [0, 0.1) is 13.8 Å². The third-order valence-corrected chi connectivity index (χ3v) is 8.02. The Morgan fingerprint density at radius 1 is 1.05 bits per heavy atom. The highest BCUT2D eigenvalue weighted by atomic mass is 35.5. The summed E-state index contributed by atoms with van der Waals surface area (Å²) < 4.78 is 26.6. The average Bonchev–Trinajstić information content (AvgIpc) is 2.83. The van der Waals surface area contributed by atoms with Gasteiger partial charge in [-0.3, -0.25) is 13.9 Å². The number of anilines is 1. The van der Waals surface area contributed by atoms with Gasteiger partial charge in [0, 0.05) is 30.6 Å². The monoisotopic (exact) mass is 549 g/mol. The van der Waals surface area contributed by atoms with E-state index in [2.05, 4.69) is 5.32 Å². The number of halogens is 1. The number of amides is 2. The zero-order chi connectivity index (χ0) is 27.8. The van der Waals surface area contributed by atoms with Gasteiger partial charge in [-0.1, -0.05) is 55.8 Å². The van der Waals surface area contributed by atoms with Crippen molar-refractivity contribution >= 4 is 39.1 Å². The highest BCUT2D eigenvalue weighted by molar-refractivity contribution is 7.92. The molecule has 0 radical (unpaired) electrons. The number of carbonyl (C=O) groups is 2. The lowest BCUT2D eigenvalue weighted by Crippen LogP contribution is -2.50. The number of carbonyl (C=O) groups excluding carboxylic acids is 2. The smallest absolute Gasteiger partial charge is 0.243 e. The molecular weight excluding hydrogens is 510 g/mol. The molecule has 0 spiro atoms. The molecule has 2 unspecified atom stereocenters. The van der Waals surface area contributed by atoms with Gasteiger partial charge in [-0.2, -0.15) is 0 Å². The van der Waals surface area contributed by atoms with Crippen LogP contribution in [0.15, 0.2) is 42.5 Å². The molecule has 0 fully saturated rings. The van der Waals surface area contributed by atoms with Gasteiger partial charge < -0.3 is 10.2 Å². The standard InChI is InChI=1S/C28H40ClN3O4S/c1-7-22(5)30-28(34)25(8-2)31(19-23-12-9-10-13-24(23)29)27(33)14-11-17-32(37(6,35)36)26-18-20(3)15-16-21(26)4/h9-10,12-13,15-16,18,22,25H,7-8,11,14,17,19H2,1-6H3,(H,30,34). The van der Waals surface area contributed by atoms with Crippen LogP contribution in [-0.4, -0.2) is 50.0 Å². The van der Waals surface area contributed by atoms with Crippen LogP contribution in [0.5, 0.6) is 0 Å². The molecule has 9 heteroatoms. The van der Waals surface area contributed by atoms with Crippen molar-refractivity contribution in [3.63, 3.8) is 0 Å². The molecule has 0 aliphatic rings. The summed E-state index contributed by atoms with van der Waals surface area (Å²) in [5.41, 5.74) is 3.16. The first-order chi connectivity index (χ1) is 17.4. The molecule has 1 N–H and O–H groups in total. The van der Waals surface area contributed by atoms with Crippen LogP contribution in [0.3, 0.4) is 0 Å². The van der Waals surface area contributed by atoms with E-state index in [1.165, 1.54) is 10.6 Å². The third-order valence-electron chi connectivity index (χ3n) is 6.47. The number of nitrogens with zero attached hydrogens (tertiary/aromatic N) is 2. The van der Waals surface area contributed by atoms with E-state index in [1.807, 2.05) is 71.0 Å². The van der Waals surface area contributed by atoms with Crippen molar-refractivity contribution in [2.24, 2.45) is 0 Å². The number of hydrogen-bond donors (Lipinski definition) is 1. The average molecular weight is 550 g/mol. The Kier molecular flexibility index (Phi) is 11.4. The normalized spacial score (nSPS) is 13.1. The van der Waals surface area contributed by atoms with Crippen LogP contribution in [0.4, 0.5) is 5.69 Å². The summed E-state index contributed by atoms with van der Waals surface area (Å²) in [4.78, 5) is 28.2. The van der Waals surface area contributed by atoms with Crippen molar-refractivity contribution in [2.45, 2.75) is 78.9 Å². The largest absolute Gasteiger partial charge is 0.352 e. The summed E-state index contributed by atoms with van der Waals surface area (Å²) in [5.74, 6) is -0.425. The first-order valence-electron chi connectivity index (χ1n) is 12.8. The Labute approximate surface area is 227 Å². The van der Waals surface area contributed by atoms with E-state index in [9.17, 15) is 18.0 Å². The molecule has 0 bridgehead atoms. The predicted molar refractivity (Wildman–Crippen MR) is 151 cm³/mol. The molecule has 0 aliphatic carbocycles. The topological polar surface area (TPSA) is 86.8 Å².